The van der Waals surface area contributed by atoms with Crippen LogP contribution >= 0.6 is 0 Å². The molecule has 0 aliphatic carbocycles. The Labute approximate surface area is 434 Å². The summed E-state index contributed by atoms with van der Waals surface area (Å²) in [6.07, 6.45) is -50.2. The first-order chi connectivity index (χ1) is 36.0. The summed E-state index contributed by atoms with van der Waals surface area (Å²) in [7, 11) is 0. The van der Waals surface area contributed by atoms with E-state index < -0.39 is 240 Å². The third kappa shape index (κ3) is 14.1. The van der Waals surface area contributed by atoms with Crippen molar-refractivity contribution in [2.24, 2.45) is 0 Å². The van der Waals surface area contributed by atoms with E-state index in [9.17, 15) is 116 Å². The summed E-state index contributed by atoms with van der Waals surface area (Å²) in [6.45, 7) is -2.99. The van der Waals surface area contributed by atoms with Gasteiger partial charge in [0.25, 0.3) is 11.6 Å². The number of aliphatic hydroxyl groups excluding tert-OH is 16. The molecule has 0 spiro atoms. The molecule has 5 aliphatic rings. The van der Waals surface area contributed by atoms with Crippen molar-refractivity contribution in [3.8, 4) is 0 Å². The number of ether oxygens (including phenoxy) is 9. The minimum atomic E-state index is -3.29. The van der Waals surface area contributed by atoms with Gasteiger partial charge < -0.3 is 150 Å². The van der Waals surface area contributed by atoms with Crippen LogP contribution in [0.25, 0.3) is 0 Å². The van der Waals surface area contributed by atoms with Crippen LogP contribution in [0.2, 0.25) is 0 Å². The summed E-state index contributed by atoms with van der Waals surface area (Å²) >= 11 is 0. The van der Waals surface area contributed by atoms with Crippen molar-refractivity contribution in [2.75, 3.05) is 33.0 Å². The Morgan fingerprint density at radius 2 is 0.948 bits per heavy atom. The first kappa shape index (κ1) is 64.2. The Balaban J connectivity index is 1.57. The number of aliphatic hydroxyl groups is 16. The maximum absolute atomic E-state index is 13.1. The fraction of sp³-hybridized carbons (Fsp3) is 0.881. The minimum Gasteiger partial charge on any atom is -0.477 e. The largest absolute Gasteiger partial charge is 0.477 e. The standard InChI is InChI=1S/C42H69N3O32/c1-11(50)43-21-14(53)4-41(39(65)66,75-32(21)24(57)16(55)6-46)69-10-20-28(61)31(23(45-13(3)52)37(72-20)74-34-26(59)18(8-48)70-36(64)29(34)62)73-38-30(63)35(27(60)19(9-49)71-38)77-42(40(67)68)5-15(54)22(44-12(2)51)33(76-42)25(58)17(56)7-47/h14-38,46-49,53-64H,4-10H2,1-3H3,(H,43,50)(H,44,51)(H,45,52)(H,65,66)(H,67,68)/t14-,15-,16+,17+,18+,19+,20+,21+,22+,23+,24+,25+,26-,27-,28+,29+,30+,31+,32+,33+,34-,35-,36+,37-,38-,41+,42-/m0/s1. The molecule has 0 bridgehead atoms. The Kier molecular flexibility index (Phi) is 22.3. The zero-order valence-electron chi connectivity index (χ0n) is 41.1. The van der Waals surface area contributed by atoms with Crippen LogP contribution in [0.3, 0.4) is 0 Å². The third-order valence-electron chi connectivity index (χ3n) is 13.5. The van der Waals surface area contributed by atoms with Crippen LogP contribution < -0.4 is 16.0 Å². The number of aliphatic carboxylic acids is 2. The topological polar surface area (TPSA) is 569 Å². The molecular formula is C42H69N3O32. The molecule has 444 valence electrons. The fourth-order valence-corrected chi connectivity index (χ4v) is 9.53. The van der Waals surface area contributed by atoms with Crippen LogP contribution in [0.15, 0.2) is 0 Å². The van der Waals surface area contributed by atoms with Crippen molar-refractivity contribution in [1.82, 2.24) is 16.0 Å². The number of nitrogens with one attached hydrogen (secondary N) is 3. The number of carbonyl (C=O) groups excluding carboxylic acids is 3. The first-order valence-electron chi connectivity index (χ1n) is 23.8. The highest BCUT2D eigenvalue weighted by atomic mass is 16.8. The second-order valence-electron chi connectivity index (χ2n) is 19.0. The van der Waals surface area contributed by atoms with Gasteiger partial charge in [-0.1, -0.05) is 0 Å². The molecule has 0 radical (unpaired) electrons. The quantitative estimate of drug-likeness (QED) is 0.0479. The molecule has 27 atom stereocenters. The SMILES string of the molecule is CC(=O)N[C@H]1[C@H](O[C@@H]2[C@@H](O)[C@H](O)O[C@H](CO)[C@@H]2O)O[C@H](CO[C@]2(C(=O)O)C[C@H](O)[C@@H](NC(C)=O)[C@H]([C@H](O)[C@H](O)CO)O2)[C@@H](O)[C@@H]1O[C@@H]1O[C@H](CO)[C@H](O)[C@H](O[C@]2(C(=O)O)C[C@H](O)[C@@H](NC(C)=O)[C@H]([C@H](O)[C@H](O)CO)O2)[C@H]1O. The lowest BCUT2D eigenvalue weighted by Gasteiger charge is -2.51. The zero-order valence-corrected chi connectivity index (χ0v) is 41.1. The van der Waals surface area contributed by atoms with Crippen molar-refractivity contribution in [2.45, 2.75) is 198 Å². The number of hydrogen-bond acceptors (Lipinski definition) is 30. The van der Waals surface area contributed by atoms with E-state index in [1.807, 2.05) is 0 Å². The van der Waals surface area contributed by atoms with E-state index in [0.29, 0.717) is 0 Å². The van der Waals surface area contributed by atoms with Crippen LogP contribution in [-0.4, -0.2) is 319 Å². The molecule has 35 heteroatoms. The highest BCUT2D eigenvalue weighted by molar-refractivity contribution is 5.77. The Morgan fingerprint density at radius 3 is 1.42 bits per heavy atom. The Bertz CT molecular complexity index is 2000. The van der Waals surface area contributed by atoms with Gasteiger partial charge in [-0.25, -0.2) is 9.59 Å². The van der Waals surface area contributed by atoms with Crippen molar-refractivity contribution in [3.63, 3.8) is 0 Å². The zero-order chi connectivity index (χ0) is 57.8. The molecule has 0 aromatic heterocycles. The van der Waals surface area contributed by atoms with Gasteiger partial charge in [-0.3, -0.25) is 14.4 Å². The van der Waals surface area contributed by atoms with E-state index in [2.05, 4.69) is 16.0 Å². The molecule has 0 saturated carbocycles. The summed E-state index contributed by atoms with van der Waals surface area (Å²) in [5.74, 6) is -13.3. The number of carbonyl (C=O) groups is 5. The number of amides is 3. The van der Waals surface area contributed by atoms with Crippen molar-refractivity contribution in [3.05, 3.63) is 0 Å². The van der Waals surface area contributed by atoms with Gasteiger partial charge >= 0.3 is 11.9 Å². The van der Waals surface area contributed by atoms with Gasteiger partial charge in [0.2, 0.25) is 17.7 Å². The third-order valence-corrected chi connectivity index (χ3v) is 13.5. The number of carboxylic acids is 2. The van der Waals surface area contributed by atoms with E-state index in [1.54, 1.807) is 0 Å². The molecule has 0 aromatic rings. The second-order valence-corrected chi connectivity index (χ2v) is 19.0. The van der Waals surface area contributed by atoms with Gasteiger partial charge in [-0.05, 0) is 0 Å². The predicted molar refractivity (Wildman–Crippen MR) is 236 cm³/mol. The molecular weight excluding hydrogens is 1060 g/mol. The second kappa shape index (κ2) is 26.7. The highest BCUT2D eigenvalue weighted by Crippen LogP contribution is 2.40. The van der Waals surface area contributed by atoms with E-state index >= 15 is 0 Å². The molecule has 35 nitrogen and oxygen atoms in total. The number of rotatable bonds is 22. The van der Waals surface area contributed by atoms with E-state index in [1.165, 1.54) is 0 Å². The Morgan fingerprint density at radius 1 is 0.532 bits per heavy atom. The van der Waals surface area contributed by atoms with Gasteiger partial charge in [0.15, 0.2) is 18.9 Å². The molecule has 3 amide bonds. The Hall–Kier alpha value is -3.65. The van der Waals surface area contributed by atoms with E-state index in [4.69, 9.17) is 42.6 Å². The molecule has 77 heavy (non-hydrogen) atoms. The number of carboxylic acid groups (broad SMARTS) is 2. The average molecular weight is 1130 g/mol. The van der Waals surface area contributed by atoms with Gasteiger partial charge in [0.05, 0.1) is 57.3 Å². The predicted octanol–water partition coefficient (Wildman–Crippen LogP) is -13.1. The van der Waals surface area contributed by atoms with Crippen LogP contribution in [0.5, 0.6) is 0 Å². The fourth-order valence-electron chi connectivity index (χ4n) is 9.53. The summed E-state index contributed by atoms with van der Waals surface area (Å²) < 4.78 is 51.2. The molecule has 21 N–H and O–H groups in total. The van der Waals surface area contributed by atoms with Gasteiger partial charge in [-0.2, -0.15) is 0 Å². The molecule has 0 unspecified atom stereocenters. The lowest BCUT2D eigenvalue weighted by Crippen LogP contribution is -2.72. The average Bonchev–Trinajstić information content (AvgIpc) is 3.37. The summed E-state index contributed by atoms with van der Waals surface area (Å²) in [4.78, 5) is 63.3. The van der Waals surface area contributed by atoms with E-state index in [0.717, 1.165) is 20.8 Å². The van der Waals surface area contributed by atoms with E-state index in [-0.39, 0.29) is 0 Å². The van der Waals surface area contributed by atoms with Crippen LogP contribution in [-0.2, 0) is 66.6 Å². The maximum Gasteiger partial charge on any atom is 0.364 e. The number of hydrogen-bond donors (Lipinski definition) is 21. The molecule has 5 rings (SSSR count). The van der Waals surface area contributed by atoms with Crippen molar-refractivity contribution >= 4 is 29.7 Å². The highest BCUT2D eigenvalue weighted by Gasteiger charge is 2.62. The van der Waals surface area contributed by atoms with Gasteiger partial charge in [-0.15, -0.1) is 0 Å². The molecule has 5 saturated heterocycles. The minimum absolute atomic E-state index is 0.841. The van der Waals surface area contributed by atoms with Crippen LogP contribution in [0, 0.1) is 0 Å². The lowest BCUT2D eigenvalue weighted by atomic mass is 9.88. The summed E-state index contributed by atoms with van der Waals surface area (Å²) in [5, 5.41) is 200. The van der Waals surface area contributed by atoms with Gasteiger partial charge in [0, 0.05) is 33.6 Å². The molecule has 5 fully saturated rings. The van der Waals surface area contributed by atoms with Gasteiger partial charge in [0.1, 0.15) is 110 Å². The monoisotopic (exact) mass is 1130 g/mol. The van der Waals surface area contributed by atoms with Crippen molar-refractivity contribution in [1.29, 1.82) is 0 Å². The smallest absolute Gasteiger partial charge is 0.364 e. The summed E-state index contributed by atoms with van der Waals surface area (Å²) in [5.41, 5.74) is 0. The molecule has 5 aliphatic heterocycles. The molecule has 0 aromatic carbocycles. The van der Waals surface area contributed by atoms with Crippen molar-refractivity contribution < 1.29 is 159 Å². The summed E-state index contributed by atoms with van der Waals surface area (Å²) in [6, 6.07) is -5.41. The first-order valence-corrected chi connectivity index (χ1v) is 23.8. The normalized spacial score (nSPS) is 43.2. The lowest BCUT2D eigenvalue weighted by molar-refractivity contribution is -0.387. The maximum atomic E-state index is 13.1. The van der Waals surface area contributed by atoms with Crippen LogP contribution in [0.1, 0.15) is 33.6 Å². The van der Waals surface area contributed by atoms with Crippen LogP contribution in [0.4, 0.5) is 0 Å². The molecule has 5 heterocycles.